The number of nitrogens with zero attached hydrogens (tertiary/aromatic N) is 5. The number of carbonyl (C=O) groups excluding carboxylic acids is 2. The first kappa shape index (κ1) is 19.6. The Morgan fingerprint density at radius 1 is 1.33 bits per heavy atom. The number of methoxy groups -OCH3 is 1. The number of piperazine rings is 1. The summed E-state index contributed by atoms with van der Waals surface area (Å²) in [7, 11) is 1.52. The third-order valence-corrected chi connectivity index (χ3v) is 5.91. The molecule has 2 aromatic heterocycles. The van der Waals surface area contributed by atoms with Gasteiger partial charge in [0.2, 0.25) is 16.9 Å². The van der Waals surface area contributed by atoms with Gasteiger partial charge in [-0.1, -0.05) is 28.3 Å². The summed E-state index contributed by atoms with van der Waals surface area (Å²) < 4.78 is 10.5. The molecule has 0 aromatic carbocycles. The Morgan fingerprint density at radius 2 is 2.11 bits per heavy atom. The summed E-state index contributed by atoms with van der Waals surface area (Å²) in [5.74, 6) is 1.06. The molecule has 2 aromatic rings. The van der Waals surface area contributed by atoms with Gasteiger partial charge in [0.15, 0.2) is 10.2 Å². The Labute approximate surface area is 164 Å². The van der Waals surface area contributed by atoms with Crippen LogP contribution >= 0.6 is 23.1 Å². The Balaban J connectivity index is 1.45. The fourth-order valence-corrected chi connectivity index (χ4v) is 4.17. The number of anilines is 2. The molecule has 0 spiro atoms. The molecule has 12 heteroatoms. The molecule has 10 nitrogen and oxygen atoms in total. The quantitative estimate of drug-likeness (QED) is 0.661. The third-order valence-electron chi connectivity index (χ3n) is 3.79. The highest BCUT2D eigenvalue weighted by atomic mass is 32.2. The van der Waals surface area contributed by atoms with Gasteiger partial charge in [0.05, 0.1) is 5.75 Å². The number of aromatic nitrogens is 3. The number of rotatable bonds is 7. The second-order valence-corrected chi connectivity index (χ2v) is 7.99. The molecule has 2 amide bonds. The van der Waals surface area contributed by atoms with Crippen LogP contribution in [0.25, 0.3) is 0 Å². The van der Waals surface area contributed by atoms with Crippen LogP contribution in [0.15, 0.2) is 14.9 Å². The van der Waals surface area contributed by atoms with Crippen molar-refractivity contribution in [3.05, 3.63) is 11.8 Å². The zero-order valence-corrected chi connectivity index (χ0v) is 16.6. The lowest BCUT2D eigenvalue weighted by atomic mass is 10.3. The Kier molecular flexibility index (Phi) is 6.63. The number of thioether (sulfide) groups is 1. The first-order chi connectivity index (χ1) is 13.0. The number of aryl methyl sites for hydroxylation is 1. The molecule has 0 aliphatic carbocycles. The van der Waals surface area contributed by atoms with Crippen molar-refractivity contribution in [2.24, 2.45) is 0 Å². The van der Waals surface area contributed by atoms with E-state index in [9.17, 15) is 9.59 Å². The molecule has 0 atom stereocenters. The summed E-state index contributed by atoms with van der Waals surface area (Å²) in [5, 5.41) is 15.5. The van der Waals surface area contributed by atoms with Crippen LogP contribution in [0.2, 0.25) is 0 Å². The summed E-state index contributed by atoms with van der Waals surface area (Å²) in [5.41, 5.74) is 0. The first-order valence-corrected chi connectivity index (χ1v) is 10.1. The van der Waals surface area contributed by atoms with Gasteiger partial charge >= 0.3 is 0 Å². The molecular formula is C15H20N6O4S2. The number of amides is 2. The Hall–Kier alpha value is -2.18. The molecule has 0 radical (unpaired) electrons. The first-order valence-electron chi connectivity index (χ1n) is 8.26. The normalized spacial score (nSPS) is 14.4. The summed E-state index contributed by atoms with van der Waals surface area (Å²) in [4.78, 5) is 27.7. The molecule has 0 bridgehead atoms. The van der Waals surface area contributed by atoms with Crippen LogP contribution in [-0.2, 0) is 14.3 Å². The van der Waals surface area contributed by atoms with E-state index in [1.165, 1.54) is 30.2 Å². The minimum atomic E-state index is -0.185. The molecule has 3 heterocycles. The molecule has 1 aliphatic heterocycles. The second kappa shape index (κ2) is 9.15. The number of ether oxygens (including phenoxy) is 1. The minimum absolute atomic E-state index is 0.000948. The van der Waals surface area contributed by atoms with E-state index in [0.29, 0.717) is 37.8 Å². The molecule has 146 valence electrons. The Morgan fingerprint density at radius 3 is 2.78 bits per heavy atom. The fourth-order valence-electron chi connectivity index (χ4n) is 2.48. The SMILES string of the molecule is COCC(=O)N1CCN(c2nnc(SCC(=O)Nc3cc(C)on3)s2)CC1. The maximum atomic E-state index is 11.9. The van der Waals surface area contributed by atoms with Crippen molar-refractivity contribution < 1.29 is 18.8 Å². The summed E-state index contributed by atoms with van der Waals surface area (Å²) in [6.45, 7) is 4.51. The Bertz CT molecular complexity index is 787. The van der Waals surface area contributed by atoms with Crippen LogP contribution in [0.1, 0.15) is 5.76 Å². The molecule has 1 N–H and O–H groups in total. The van der Waals surface area contributed by atoms with Crippen molar-refractivity contribution in [1.29, 1.82) is 0 Å². The lowest BCUT2D eigenvalue weighted by molar-refractivity contribution is -0.135. The van der Waals surface area contributed by atoms with Crippen LogP contribution < -0.4 is 10.2 Å². The molecule has 0 unspecified atom stereocenters. The molecule has 3 rings (SSSR count). The molecule has 0 saturated carbocycles. The number of hydrogen-bond donors (Lipinski definition) is 1. The van der Waals surface area contributed by atoms with Crippen LogP contribution in [0, 0.1) is 6.92 Å². The van der Waals surface area contributed by atoms with Gasteiger partial charge in [0, 0.05) is 39.4 Å². The van der Waals surface area contributed by atoms with Gasteiger partial charge in [-0.05, 0) is 6.92 Å². The van der Waals surface area contributed by atoms with E-state index in [2.05, 4.69) is 25.6 Å². The van der Waals surface area contributed by atoms with Crippen molar-refractivity contribution in [1.82, 2.24) is 20.3 Å². The number of hydrogen-bond acceptors (Lipinski definition) is 10. The summed E-state index contributed by atoms with van der Waals surface area (Å²) in [6.07, 6.45) is 0. The van der Waals surface area contributed by atoms with Crippen molar-refractivity contribution in [3.8, 4) is 0 Å². The van der Waals surface area contributed by atoms with E-state index in [1.807, 2.05) is 0 Å². The molecule has 27 heavy (non-hydrogen) atoms. The maximum Gasteiger partial charge on any atom is 0.248 e. The standard InChI is InChI=1S/C15H20N6O4S2/c1-10-7-11(19-25-10)16-12(22)9-26-15-18-17-14(27-15)21-5-3-20(4-6-21)13(23)8-24-2/h7H,3-6,8-9H2,1-2H3,(H,16,19,22). The number of nitrogens with one attached hydrogen (secondary N) is 1. The van der Waals surface area contributed by atoms with E-state index in [4.69, 9.17) is 9.26 Å². The van der Waals surface area contributed by atoms with Crippen LogP contribution in [0.3, 0.4) is 0 Å². The van der Waals surface area contributed by atoms with E-state index >= 15 is 0 Å². The van der Waals surface area contributed by atoms with Gasteiger partial charge in [0.1, 0.15) is 12.4 Å². The van der Waals surface area contributed by atoms with E-state index in [1.54, 1.807) is 17.9 Å². The van der Waals surface area contributed by atoms with Crippen molar-refractivity contribution in [2.45, 2.75) is 11.3 Å². The van der Waals surface area contributed by atoms with Gasteiger partial charge in [-0.15, -0.1) is 10.2 Å². The lowest BCUT2D eigenvalue weighted by Gasteiger charge is -2.34. The van der Waals surface area contributed by atoms with Crippen LogP contribution in [-0.4, -0.2) is 77.7 Å². The zero-order valence-electron chi connectivity index (χ0n) is 15.0. The van der Waals surface area contributed by atoms with Gasteiger partial charge in [-0.25, -0.2) is 0 Å². The molecule has 1 fully saturated rings. The van der Waals surface area contributed by atoms with Crippen molar-refractivity contribution >= 4 is 45.9 Å². The van der Waals surface area contributed by atoms with Crippen molar-refractivity contribution in [2.75, 3.05) is 55.9 Å². The second-order valence-electron chi connectivity index (χ2n) is 5.81. The molecular weight excluding hydrogens is 392 g/mol. The molecule has 1 aliphatic rings. The predicted octanol–water partition coefficient (Wildman–Crippen LogP) is 0.860. The highest BCUT2D eigenvalue weighted by Crippen LogP contribution is 2.28. The monoisotopic (exact) mass is 412 g/mol. The summed E-state index contributed by atoms with van der Waals surface area (Å²) >= 11 is 2.75. The van der Waals surface area contributed by atoms with E-state index in [-0.39, 0.29) is 24.2 Å². The zero-order chi connectivity index (χ0) is 19.2. The van der Waals surface area contributed by atoms with Gasteiger partial charge in [0.25, 0.3) is 0 Å². The van der Waals surface area contributed by atoms with Crippen LogP contribution in [0.5, 0.6) is 0 Å². The summed E-state index contributed by atoms with van der Waals surface area (Å²) in [6, 6.07) is 1.66. The lowest BCUT2D eigenvalue weighted by Crippen LogP contribution is -2.49. The smallest absolute Gasteiger partial charge is 0.248 e. The van der Waals surface area contributed by atoms with E-state index < -0.39 is 0 Å². The largest absolute Gasteiger partial charge is 0.375 e. The van der Waals surface area contributed by atoms with Gasteiger partial charge in [-0.2, -0.15) is 0 Å². The highest BCUT2D eigenvalue weighted by Gasteiger charge is 2.23. The fraction of sp³-hybridized carbons (Fsp3) is 0.533. The van der Waals surface area contributed by atoms with E-state index in [0.717, 1.165) is 9.47 Å². The van der Waals surface area contributed by atoms with Gasteiger partial charge in [-0.3, -0.25) is 9.59 Å². The maximum absolute atomic E-state index is 11.9. The topological polar surface area (TPSA) is 114 Å². The molecule has 1 saturated heterocycles. The predicted molar refractivity (Wildman–Crippen MR) is 101 cm³/mol. The average molecular weight is 412 g/mol. The minimum Gasteiger partial charge on any atom is -0.375 e. The third kappa shape index (κ3) is 5.40. The van der Waals surface area contributed by atoms with Crippen LogP contribution in [0.4, 0.5) is 10.9 Å². The highest BCUT2D eigenvalue weighted by molar-refractivity contribution is 8.01. The number of carbonyl (C=O) groups is 2. The van der Waals surface area contributed by atoms with Crippen molar-refractivity contribution in [3.63, 3.8) is 0 Å². The average Bonchev–Trinajstić information content (AvgIpc) is 3.29. The van der Waals surface area contributed by atoms with Gasteiger partial charge < -0.3 is 24.4 Å².